The SMILES string of the molecule is CCC(C)C(=O)NCC(C)(C)Cc1ccc2ccccc2c1OC. The molecule has 2 aromatic rings. The van der Waals surface area contributed by atoms with E-state index in [1.807, 2.05) is 26.0 Å². The molecule has 3 heteroatoms. The van der Waals surface area contributed by atoms with Gasteiger partial charge >= 0.3 is 0 Å². The fourth-order valence-corrected chi connectivity index (χ4v) is 2.93. The van der Waals surface area contributed by atoms with E-state index in [-0.39, 0.29) is 17.2 Å². The highest BCUT2D eigenvalue weighted by atomic mass is 16.5. The molecule has 0 fully saturated rings. The van der Waals surface area contributed by atoms with E-state index in [1.54, 1.807) is 7.11 Å². The highest BCUT2D eigenvalue weighted by Crippen LogP contribution is 2.33. The zero-order valence-electron chi connectivity index (χ0n) is 15.5. The largest absolute Gasteiger partial charge is 0.496 e. The Hall–Kier alpha value is -2.03. The van der Waals surface area contributed by atoms with Gasteiger partial charge in [-0.3, -0.25) is 4.79 Å². The lowest BCUT2D eigenvalue weighted by Crippen LogP contribution is -2.37. The van der Waals surface area contributed by atoms with E-state index in [0.717, 1.165) is 24.0 Å². The number of rotatable bonds is 7. The first-order chi connectivity index (χ1) is 11.4. The molecule has 2 aromatic carbocycles. The van der Waals surface area contributed by atoms with E-state index in [4.69, 9.17) is 4.74 Å². The van der Waals surface area contributed by atoms with Gasteiger partial charge in [-0.15, -0.1) is 0 Å². The van der Waals surface area contributed by atoms with Gasteiger partial charge in [-0.1, -0.05) is 64.1 Å². The zero-order chi connectivity index (χ0) is 17.7. The summed E-state index contributed by atoms with van der Waals surface area (Å²) in [5.74, 6) is 1.14. The Morgan fingerprint density at radius 2 is 1.92 bits per heavy atom. The van der Waals surface area contributed by atoms with Crippen LogP contribution in [0.15, 0.2) is 36.4 Å². The summed E-state index contributed by atoms with van der Waals surface area (Å²) < 4.78 is 5.70. The fraction of sp³-hybridized carbons (Fsp3) is 0.476. The molecule has 1 amide bonds. The molecular weight excluding hydrogens is 298 g/mol. The highest BCUT2D eigenvalue weighted by molar-refractivity contribution is 5.89. The number of hydrogen-bond acceptors (Lipinski definition) is 2. The Morgan fingerprint density at radius 3 is 2.58 bits per heavy atom. The molecule has 0 saturated heterocycles. The lowest BCUT2D eigenvalue weighted by molar-refractivity contribution is -0.125. The van der Waals surface area contributed by atoms with Crippen LogP contribution in [0, 0.1) is 11.3 Å². The van der Waals surface area contributed by atoms with Crippen LogP contribution < -0.4 is 10.1 Å². The standard InChI is InChI=1S/C21H29NO2/c1-6-15(2)20(23)22-14-21(3,4)13-17-12-11-16-9-7-8-10-18(16)19(17)24-5/h7-12,15H,6,13-14H2,1-5H3,(H,22,23). The van der Waals surface area contributed by atoms with E-state index in [9.17, 15) is 4.79 Å². The van der Waals surface area contributed by atoms with Crippen LogP contribution in [0.3, 0.4) is 0 Å². The van der Waals surface area contributed by atoms with Gasteiger partial charge in [-0.05, 0) is 29.2 Å². The van der Waals surface area contributed by atoms with E-state index in [0.29, 0.717) is 6.54 Å². The quantitative estimate of drug-likeness (QED) is 0.808. The van der Waals surface area contributed by atoms with Gasteiger partial charge in [0.2, 0.25) is 5.91 Å². The Balaban J connectivity index is 2.17. The van der Waals surface area contributed by atoms with Gasteiger partial charge in [0, 0.05) is 17.8 Å². The van der Waals surface area contributed by atoms with Crippen LogP contribution in [0.25, 0.3) is 10.8 Å². The molecule has 130 valence electrons. The smallest absolute Gasteiger partial charge is 0.222 e. The van der Waals surface area contributed by atoms with Crippen molar-refractivity contribution in [2.45, 2.75) is 40.5 Å². The molecule has 0 aliphatic carbocycles. The zero-order valence-corrected chi connectivity index (χ0v) is 15.5. The number of amides is 1. The van der Waals surface area contributed by atoms with Gasteiger partial charge in [-0.25, -0.2) is 0 Å². The number of carbonyl (C=O) groups is 1. The summed E-state index contributed by atoms with van der Waals surface area (Å²) in [6, 6.07) is 12.5. The van der Waals surface area contributed by atoms with Crippen molar-refractivity contribution >= 4 is 16.7 Å². The van der Waals surface area contributed by atoms with E-state index < -0.39 is 0 Å². The third-order valence-electron chi connectivity index (χ3n) is 4.64. The van der Waals surface area contributed by atoms with E-state index >= 15 is 0 Å². The minimum Gasteiger partial charge on any atom is -0.496 e. The molecular formula is C21H29NO2. The maximum absolute atomic E-state index is 12.0. The summed E-state index contributed by atoms with van der Waals surface area (Å²) in [7, 11) is 1.73. The first-order valence-electron chi connectivity index (χ1n) is 8.70. The van der Waals surface area contributed by atoms with Crippen molar-refractivity contribution in [1.82, 2.24) is 5.32 Å². The molecule has 3 nitrogen and oxygen atoms in total. The second-order valence-corrected chi connectivity index (χ2v) is 7.35. The third kappa shape index (κ3) is 4.28. The van der Waals surface area contributed by atoms with Crippen LogP contribution in [0.5, 0.6) is 5.75 Å². The monoisotopic (exact) mass is 327 g/mol. The normalized spacial score (nSPS) is 12.9. The molecule has 2 rings (SSSR count). The molecule has 0 aliphatic heterocycles. The van der Waals surface area contributed by atoms with Crippen molar-refractivity contribution in [3.63, 3.8) is 0 Å². The second kappa shape index (κ2) is 7.69. The minimum absolute atomic E-state index is 0.0428. The van der Waals surface area contributed by atoms with Crippen LogP contribution in [-0.2, 0) is 11.2 Å². The van der Waals surface area contributed by atoms with Crippen LogP contribution in [0.2, 0.25) is 0 Å². The summed E-state index contributed by atoms with van der Waals surface area (Å²) in [4.78, 5) is 12.0. The van der Waals surface area contributed by atoms with Gasteiger partial charge in [0.15, 0.2) is 0 Å². The first kappa shape index (κ1) is 18.3. The highest BCUT2D eigenvalue weighted by Gasteiger charge is 2.23. The molecule has 0 saturated carbocycles. The van der Waals surface area contributed by atoms with Crippen molar-refractivity contribution in [3.8, 4) is 5.75 Å². The summed E-state index contributed by atoms with van der Waals surface area (Å²) in [5.41, 5.74) is 1.14. The van der Waals surface area contributed by atoms with Crippen molar-refractivity contribution in [2.24, 2.45) is 11.3 Å². The molecule has 0 bridgehead atoms. The average Bonchev–Trinajstić information content (AvgIpc) is 2.58. The predicted octanol–water partition coefficient (Wildman–Crippen LogP) is 4.58. The topological polar surface area (TPSA) is 38.3 Å². The first-order valence-corrected chi connectivity index (χ1v) is 8.70. The molecule has 0 aromatic heterocycles. The average molecular weight is 327 g/mol. The third-order valence-corrected chi connectivity index (χ3v) is 4.64. The number of ether oxygens (including phenoxy) is 1. The van der Waals surface area contributed by atoms with E-state index in [2.05, 4.69) is 43.4 Å². The molecule has 0 radical (unpaired) electrons. The van der Waals surface area contributed by atoms with Gasteiger partial charge in [0.05, 0.1) is 7.11 Å². The number of fused-ring (bicyclic) bond motifs is 1. The molecule has 0 spiro atoms. The van der Waals surface area contributed by atoms with Crippen LogP contribution in [-0.4, -0.2) is 19.6 Å². The summed E-state index contributed by atoms with van der Waals surface area (Å²) in [6.45, 7) is 9.02. The molecule has 24 heavy (non-hydrogen) atoms. The summed E-state index contributed by atoms with van der Waals surface area (Å²) in [5, 5.41) is 5.41. The second-order valence-electron chi connectivity index (χ2n) is 7.35. The fourth-order valence-electron chi connectivity index (χ4n) is 2.93. The molecule has 1 N–H and O–H groups in total. The maximum Gasteiger partial charge on any atom is 0.222 e. The van der Waals surface area contributed by atoms with Gasteiger partial charge in [0.25, 0.3) is 0 Å². The molecule has 0 aliphatic rings. The molecule has 1 unspecified atom stereocenters. The number of carbonyl (C=O) groups excluding carboxylic acids is 1. The molecule has 1 atom stereocenters. The Kier molecular flexibility index (Phi) is 5.87. The van der Waals surface area contributed by atoms with Gasteiger partial charge < -0.3 is 10.1 Å². The number of benzene rings is 2. The van der Waals surface area contributed by atoms with Crippen LogP contribution >= 0.6 is 0 Å². The molecule has 0 heterocycles. The lowest BCUT2D eigenvalue weighted by Gasteiger charge is -2.27. The van der Waals surface area contributed by atoms with Crippen molar-refractivity contribution < 1.29 is 9.53 Å². The lowest BCUT2D eigenvalue weighted by atomic mass is 9.84. The summed E-state index contributed by atoms with van der Waals surface area (Å²) >= 11 is 0. The van der Waals surface area contributed by atoms with Gasteiger partial charge in [-0.2, -0.15) is 0 Å². The number of methoxy groups -OCH3 is 1. The predicted molar refractivity (Wildman–Crippen MR) is 100 cm³/mol. The van der Waals surface area contributed by atoms with E-state index in [1.165, 1.54) is 10.9 Å². The number of hydrogen-bond donors (Lipinski definition) is 1. The maximum atomic E-state index is 12.0. The Labute approximate surface area is 145 Å². The van der Waals surface area contributed by atoms with Crippen molar-refractivity contribution in [1.29, 1.82) is 0 Å². The Morgan fingerprint density at radius 1 is 1.21 bits per heavy atom. The Bertz CT molecular complexity index is 706. The van der Waals surface area contributed by atoms with Crippen molar-refractivity contribution in [3.05, 3.63) is 42.0 Å². The van der Waals surface area contributed by atoms with Crippen LogP contribution in [0.4, 0.5) is 0 Å². The van der Waals surface area contributed by atoms with Crippen molar-refractivity contribution in [2.75, 3.05) is 13.7 Å². The summed E-state index contributed by atoms with van der Waals surface area (Å²) in [6.07, 6.45) is 1.71. The van der Waals surface area contributed by atoms with Gasteiger partial charge in [0.1, 0.15) is 5.75 Å². The number of nitrogens with one attached hydrogen (secondary N) is 1. The van der Waals surface area contributed by atoms with Crippen LogP contribution in [0.1, 0.15) is 39.7 Å². The minimum atomic E-state index is -0.0428.